The topological polar surface area (TPSA) is 0 Å². The molecule has 0 radical (unpaired) electrons. The van der Waals surface area contributed by atoms with Gasteiger partial charge in [0.1, 0.15) is 5.82 Å². The smallest absolute Gasteiger partial charge is 0.206 e. The lowest BCUT2D eigenvalue weighted by Crippen LogP contribution is -2.08. The molecule has 0 aliphatic carbocycles. The highest BCUT2D eigenvalue weighted by Crippen LogP contribution is 2.31. The molecule has 0 saturated heterocycles. The summed E-state index contributed by atoms with van der Waals surface area (Å²) in [5, 5.41) is 0. The van der Waals surface area contributed by atoms with Crippen LogP contribution in [-0.2, 0) is 12.6 Å². The van der Waals surface area contributed by atoms with Crippen LogP contribution in [0.2, 0.25) is 0 Å². The molecule has 0 amide bonds. The quantitative estimate of drug-likeness (QED) is 0.578. The van der Waals surface area contributed by atoms with Gasteiger partial charge in [-0.05, 0) is 29.9 Å². The molecule has 0 aromatic heterocycles. The molecule has 0 fully saturated rings. The monoisotopic (exact) mass is 224 g/mol. The Morgan fingerprint density at radius 2 is 1.86 bits per heavy atom. The Kier molecular flexibility index (Phi) is 3.42. The molecule has 0 heterocycles. The van der Waals surface area contributed by atoms with Crippen LogP contribution >= 0.6 is 12.6 Å². The van der Waals surface area contributed by atoms with Gasteiger partial charge in [0.15, 0.2) is 0 Å². The van der Waals surface area contributed by atoms with Crippen molar-refractivity contribution in [1.82, 2.24) is 0 Å². The summed E-state index contributed by atoms with van der Waals surface area (Å²) in [6, 6.07) is 2.99. The Bertz CT molecular complexity index is 319. The molecule has 78 valence electrons. The van der Waals surface area contributed by atoms with Crippen LogP contribution in [0.4, 0.5) is 17.6 Å². The fraction of sp³-hybridized carbons (Fsp3) is 0.333. The Hall–Kier alpha value is -0.710. The summed E-state index contributed by atoms with van der Waals surface area (Å²) in [6.45, 7) is 0. The zero-order chi connectivity index (χ0) is 10.8. The number of rotatable bonds is 2. The highest BCUT2D eigenvalue weighted by Gasteiger charge is 2.33. The summed E-state index contributed by atoms with van der Waals surface area (Å²) in [5.74, 6) is -0.802. The zero-order valence-corrected chi connectivity index (χ0v) is 8.00. The van der Waals surface area contributed by atoms with E-state index in [4.69, 9.17) is 0 Å². The molecule has 0 N–H and O–H groups in total. The molecular formula is C9H8F4S. The van der Waals surface area contributed by atoms with Crippen LogP contribution in [0.3, 0.4) is 0 Å². The first-order valence-electron chi connectivity index (χ1n) is 3.91. The van der Waals surface area contributed by atoms with E-state index in [0.29, 0.717) is 17.7 Å². The maximum absolute atomic E-state index is 12.8. The third kappa shape index (κ3) is 2.64. The second-order valence-corrected chi connectivity index (χ2v) is 3.23. The van der Waals surface area contributed by atoms with Crippen molar-refractivity contribution >= 4 is 12.6 Å². The normalized spacial score (nSPS) is 11.8. The van der Waals surface area contributed by atoms with Gasteiger partial charge in [0, 0.05) is 0 Å². The van der Waals surface area contributed by atoms with Crippen LogP contribution < -0.4 is 0 Å². The van der Waals surface area contributed by atoms with Gasteiger partial charge in [-0.3, -0.25) is 0 Å². The molecule has 0 aliphatic rings. The van der Waals surface area contributed by atoms with Gasteiger partial charge in [0.2, 0.25) is 0 Å². The molecule has 0 aliphatic heterocycles. The molecule has 1 rings (SSSR count). The summed E-state index contributed by atoms with van der Waals surface area (Å²) in [5.41, 5.74) is -0.773. The molecule has 1 aromatic carbocycles. The number of hydrogen-bond acceptors (Lipinski definition) is 1. The van der Waals surface area contributed by atoms with Crippen molar-refractivity contribution in [2.24, 2.45) is 0 Å². The Morgan fingerprint density at radius 1 is 1.21 bits per heavy atom. The molecule has 5 heteroatoms. The summed E-state index contributed by atoms with van der Waals surface area (Å²) in [6.07, 6.45) is -4.23. The average molecular weight is 224 g/mol. The second-order valence-electron chi connectivity index (χ2n) is 2.79. The van der Waals surface area contributed by atoms with Gasteiger partial charge >= 0.3 is 6.18 Å². The van der Waals surface area contributed by atoms with Gasteiger partial charge in [-0.25, -0.2) is 4.39 Å². The third-order valence-corrected chi connectivity index (χ3v) is 1.96. The number of halogens is 4. The predicted molar refractivity (Wildman–Crippen MR) is 49.0 cm³/mol. The number of hydrogen-bond donors (Lipinski definition) is 1. The third-order valence-electron chi connectivity index (χ3n) is 1.74. The molecule has 0 saturated carbocycles. The van der Waals surface area contributed by atoms with Gasteiger partial charge < -0.3 is 0 Å². The van der Waals surface area contributed by atoms with E-state index in [1.165, 1.54) is 6.07 Å². The molecule has 0 atom stereocenters. The number of aryl methyl sites for hydroxylation is 1. The second kappa shape index (κ2) is 4.21. The van der Waals surface area contributed by atoms with Crippen molar-refractivity contribution in [2.45, 2.75) is 12.6 Å². The fourth-order valence-electron chi connectivity index (χ4n) is 1.07. The van der Waals surface area contributed by atoms with Crippen LogP contribution in [0.15, 0.2) is 18.2 Å². The van der Waals surface area contributed by atoms with Crippen molar-refractivity contribution in [3.05, 3.63) is 35.1 Å². The SMILES string of the molecule is Fc1ccc(CCS)cc1C(F)(F)F. The lowest BCUT2D eigenvalue weighted by Gasteiger charge is -2.09. The minimum Gasteiger partial charge on any atom is -0.206 e. The van der Waals surface area contributed by atoms with Crippen LogP contribution in [-0.4, -0.2) is 5.75 Å². The summed E-state index contributed by atoms with van der Waals surface area (Å²) in [7, 11) is 0. The van der Waals surface area contributed by atoms with E-state index in [9.17, 15) is 17.6 Å². The van der Waals surface area contributed by atoms with E-state index in [0.717, 1.165) is 12.1 Å². The number of thiol groups is 1. The minimum atomic E-state index is -4.63. The van der Waals surface area contributed by atoms with E-state index in [1.807, 2.05) is 0 Å². The molecule has 14 heavy (non-hydrogen) atoms. The van der Waals surface area contributed by atoms with Crippen LogP contribution in [0.1, 0.15) is 11.1 Å². The fourth-order valence-corrected chi connectivity index (χ4v) is 1.33. The lowest BCUT2D eigenvalue weighted by atomic mass is 10.1. The molecule has 1 aromatic rings. The van der Waals surface area contributed by atoms with Crippen LogP contribution in [0.5, 0.6) is 0 Å². The first kappa shape index (κ1) is 11.4. The van der Waals surface area contributed by atoms with E-state index in [2.05, 4.69) is 12.6 Å². The molecular weight excluding hydrogens is 216 g/mol. The van der Waals surface area contributed by atoms with Crippen molar-refractivity contribution < 1.29 is 17.6 Å². The number of alkyl halides is 3. The lowest BCUT2D eigenvalue weighted by molar-refractivity contribution is -0.140. The van der Waals surface area contributed by atoms with Crippen LogP contribution in [0, 0.1) is 5.82 Å². The van der Waals surface area contributed by atoms with Crippen molar-refractivity contribution in [3.63, 3.8) is 0 Å². The van der Waals surface area contributed by atoms with Crippen LogP contribution in [0.25, 0.3) is 0 Å². The largest absolute Gasteiger partial charge is 0.419 e. The maximum atomic E-state index is 12.8. The summed E-state index contributed by atoms with van der Waals surface area (Å²) in [4.78, 5) is 0. The Labute approximate surface area is 84.3 Å². The predicted octanol–water partition coefficient (Wildman–Crippen LogP) is 3.32. The van der Waals surface area contributed by atoms with Gasteiger partial charge in [-0.2, -0.15) is 25.8 Å². The Morgan fingerprint density at radius 3 is 2.36 bits per heavy atom. The first-order valence-corrected chi connectivity index (χ1v) is 4.55. The molecule has 0 spiro atoms. The standard InChI is InChI=1S/C9H8F4S/c10-8-2-1-6(3-4-14)5-7(8)9(11,12)13/h1-2,5,14H,3-4H2. The van der Waals surface area contributed by atoms with E-state index < -0.39 is 17.6 Å². The van der Waals surface area contributed by atoms with E-state index in [-0.39, 0.29) is 0 Å². The number of benzene rings is 1. The van der Waals surface area contributed by atoms with Crippen molar-refractivity contribution in [1.29, 1.82) is 0 Å². The zero-order valence-electron chi connectivity index (χ0n) is 7.11. The molecule has 0 bridgehead atoms. The van der Waals surface area contributed by atoms with Crippen molar-refractivity contribution in [3.8, 4) is 0 Å². The van der Waals surface area contributed by atoms with E-state index >= 15 is 0 Å². The minimum absolute atomic E-state index is 0.395. The van der Waals surface area contributed by atoms with Crippen molar-refractivity contribution in [2.75, 3.05) is 5.75 Å². The first-order chi connectivity index (χ1) is 6.45. The van der Waals surface area contributed by atoms with E-state index in [1.54, 1.807) is 0 Å². The highest BCUT2D eigenvalue weighted by atomic mass is 32.1. The van der Waals surface area contributed by atoms with Gasteiger partial charge in [-0.1, -0.05) is 6.07 Å². The molecule has 0 unspecified atom stereocenters. The maximum Gasteiger partial charge on any atom is 0.419 e. The Balaban J connectivity index is 3.09. The van der Waals surface area contributed by atoms with Gasteiger partial charge in [0.05, 0.1) is 5.56 Å². The highest BCUT2D eigenvalue weighted by molar-refractivity contribution is 7.80. The summed E-state index contributed by atoms with van der Waals surface area (Å²) < 4.78 is 49.4. The van der Waals surface area contributed by atoms with Gasteiger partial charge in [-0.15, -0.1) is 0 Å². The molecule has 0 nitrogen and oxygen atoms in total. The summed E-state index contributed by atoms with van der Waals surface area (Å²) >= 11 is 3.89. The average Bonchev–Trinajstić information content (AvgIpc) is 2.07. The van der Waals surface area contributed by atoms with Gasteiger partial charge in [0.25, 0.3) is 0 Å².